The van der Waals surface area contributed by atoms with Crippen LogP contribution in [-0.4, -0.2) is 257 Å². The number of aliphatic imine (C=N–C) groups is 1. The Morgan fingerprint density at radius 1 is 0.442 bits per heavy atom. The van der Waals surface area contributed by atoms with Crippen LogP contribution in [0.5, 0.6) is 0 Å². The van der Waals surface area contributed by atoms with Gasteiger partial charge in [-0.25, -0.2) is 4.79 Å². The summed E-state index contributed by atoms with van der Waals surface area (Å²) < 4.78 is 0. The highest BCUT2D eigenvalue weighted by Gasteiger charge is 2.39. The molecule has 0 saturated heterocycles. The number of H-pyrrole nitrogens is 1. The number of nitrogens with one attached hydrogen (secondary N) is 15. The number of aliphatic carboxylic acids is 1. The van der Waals surface area contributed by atoms with Gasteiger partial charge in [-0.15, -0.1) is 0 Å². The number of carbonyl (C=O) groups is 16. The van der Waals surface area contributed by atoms with E-state index in [0.717, 1.165) is 0 Å². The molecule has 42 nitrogen and oxygen atoms in total. The first kappa shape index (κ1) is 103. The van der Waals surface area contributed by atoms with Gasteiger partial charge in [-0.05, 0) is 146 Å². The number of hydrogen-bond donors (Lipinski definition) is 26. The highest BCUT2D eigenvalue weighted by atomic mass is 32.1. The lowest BCUT2D eigenvalue weighted by molar-refractivity contribution is -0.142. The van der Waals surface area contributed by atoms with Gasteiger partial charge in [0.05, 0.1) is 25.3 Å². The lowest BCUT2D eigenvalue weighted by Gasteiger charge is -2.28. The van der Waals surface area contributed by atoms with E-state index in [1.54, 1.807) is 88.5 Å². The molecular formula is C77H125N23O19S. The molecule has 15 amide bonds. The summed E-state index contributed by atoms with van der Waals surface area (Å²) in [4.78, 5) is 227. The van der Waals surface area contributed by atoms with Gasteiger partial charge >= 0.3 is 5.97 Å². The van der Waals surface area contributed by atoms with Gasteiger partial charge < -0.3 is 135 Å². The quantitative estimate of drug-likeness (QED) is 0.0108. The van der Waals surface area contributed by atoms with Crippen molar-refractivity contribution in [3.8, 4) is 0 Å². The van der Waals surface area contributed by atoms with Crippen LogP contribution in [0.2, 0.25) is 0 Å². The Morgan fingerprint density at radius 3 is 1.34 bits per heavy atom. The number of aliphatic hydroxyl groups is 2. The lowest BCUT2D eigenvalue weighted by Crippen LogP contribution is -2.61. The third-order valence-corrected chi connectivity index (χ3v) is 19.5. The first-order chi connectivity index (χ1) is 56.8. The Bertz CT molecular complexity index is 3930. The number of carboxylic acid groups (broad SMARTS) is 1. The molecule has 2 aromatic carbocycles. The molecule has 3 rings (SSSR count). The van der Waals surface area contributed by atoms with E-state index in [1.807, 2.05) is 0 Å². The summed E-state index contributed by atoms with van der Waals surface area (Å²) in [6.45, 7) is 9.15. The summed E-state index contributed by atoms with van der Waals surface area (Å²) in [7, 11) is 0. The largest absolute Gasteiger partial charge is 0.480 e. The second kappa shape index (κ2) is 54.1. The maximum atomic E-state index is 14.7. The number of amides is 15. The number of thiol groups is 1. The van der Waals surface area contributed by atoms with Crippen LogP contribution in [0.3, 0.4) is 0 Å². The average Bonchev–Trinajstić information content (AvgIpc) is 1.67. The first-order valence-corrected chi connectivity index (χ1v) is 40.6. The number of nitrogens with two attached hydrogens (primary N) is 7. The number of guanidine groups is 1. The molecule has 0 aliphatic carbocycles. The van der Waals surface area contributed by atoms with Crippen molar-refractivity contribution in [1.82, 2.24) is 79.4 Å². The molecule has 3 aromatic rings. The van der Waals surface area contributed by atoms with Gasteiger partial charge in [-0.3, -0.25) is 76.9 Å². The predicted octanol–water partition coefficient (Wildman–Crippen LogP) is -6.86. The van der Waals surface area contributed by atoms with E-state index in [2.05, 4.69) is 97.0 Å². The Hall–Kier alpha value is -11.1. The van der Waals surface area contributed by atoms with Gasteiger partial charge in [0, 0.05) is 48.7 Å². The van der Waals surface area contributed by atoms with Crippen molar-refractivity contribution in [2.45, 2.75) is 235 Å². The summed E-state index contributed by atoms with van der Waals surface area (Å²) in [5.74, 6) is -16.8. The van der Waals surface area contributed by atoms with Crippen LogP contribution in [0, 0.1) is 11.8 Å². The number of aromatic nitrogens is 1. The lowest BCUT2D eigenvalue weighted by atomic mass is 9.99. The number of nitrogens with zero attached hydrogens (tertiary/aromatic N) is 1. The minimum Gasteiger partial charge on any atom is -0.480 e. The van der Waals surface area contributed by atoms with Gasteiger partial charge in [-0.2, -0.15) is 12.6 Å². The van der Waals surface area contributed by atoms with Crippen LogP contribution in [-0.2, 0) is 89.6 Å². The third kappa shape index (κ3) is 36.6. The van der Waals surface area contributed by atoms with Crippen molar-refractivity contribution in [1.29, 1.82) is 0 Å². The number of benzene rings is 2. The fourth-order valence-electron chi connectivity index (χ4n) is 12.1. The number of aliphatic hydroxyl groups excluding tert-OH is 2. The maximum Gasteiger partial charge on any atom is 0.327 e. The topological polar surface area (TPSA) is 713 Å². The molecule has 43 heteroatoms. The van der Waals surface area contributed by atoms with Gasteiger partial charge in [0.1, 0.15) is 78.5 Å². The minimum absolute atomic E-state index is 0.0652. The summed E-state index contributed by atoms with van der Waals surface area (Å²) in [6, 6.07) is -5.02. The first-order valence-electron chi connectivity index (χ1n) is 39.9. The summed E-state index contributed by atoms with van der Waals surface area (Å²) >= 11 is 3.95. The number of aromatic amines is 1. The van der Waals surface area contributed by atoms with Gasteiger partial charge in [0.15, 0.2) is 5.96 Å². The third-order valence-electron chi connectivity index (χ3n) is 19.1. The van der Waals surface area contributed by atoms with Crippen LogP contribution in [0.25, 0.3) is 10.9 Å². The molecule has 15 atom stereocenters. The van der Waals surface area contributed by atoms with Gasteiger partial charge in [0.2, 0.25) is 88.6 Å². The maximum absolute atomic E-state index is 14.7. The zero-order valence-corrected chi connectivity index (χ0v) is 69.8. The molecule has 0 saturated carbocycles. The standard InChI is InChI=1S/C77H125N23O19S/c1-40(2)60(99-74(116)61(41(3)4)98-65(107)48(81)23-19-33-85-77(83)84)73(115)89-43(6)64(106)96-56(38-101)66(108)87-37-59(104)90-50(25-13-16-30-78)67(109)95-55(35-46-36-86-49-24-12-11-22-47(46)49)71(113)88-42(5)63(105)91-51(26-14-17-31-79)68(110)93-53(28-29-58(82)103)70(112)92-52(27-15-18-32-80)69(111)94-54(34-45-20-9-8-10-21-45)72(114)100-62(44(7)102)75(117)97-57(39-120)76(118)119/h8-12,20-22,24,36,40-44,48,50-57,60-62,86,101-102,120H,13-19,23,25-35,37-39,78-81H2,1-7H3,(H2,82,103)(H,87,108)(H,88,113)(H,89,115)(H,90,104)(H,91,105)(H,92,112)(H,93,110)(H,94,111)(H,95,109)(H,96,106)(H,97,117)(H,98,107)(H,99,116)(H,100,114)(H,118,119)(H4,83,84,85)/t42-,43-,44+,48-,50-,51-,52-,53-,54-,55-,56-,57-,60-,61-,62-/m0/s1. The molecule has 0 unspecified atom stereocenters. The van der Waals surface area contributed by atoms with E-state index in [4.69, 9.17) is 40.1 Å². The van der Waals surface area contributed by atoms with Crippen molar-refractivity contribution in [2.24, 2.45) is 57.0 Å². The van der Waals surface area contributed by atoms with Gasteiger partial charge in [-0.1, -0.05) is 76.2 Å². The molecule has 1 aromatic heterocycles. The highest BCUT2D eigenvalue weighted by molar-refractivity contribution is 7.80. The molecule has 0 spiro atoms. The number of carboxylic acids is 1. The molecule has 0 aliphatic heterocycles. The molecule has 0 fully saturated rings. The number of primary amides is 1. The normalized spacial score (nSPS) is 15.0. The second-order valence-corrected chi connectivity index (χ2v) is 30.1. The number of unbranched alkanes of at least 4 members (excludes halogenated alkanes) is 3. The number of para-hydroxylation sites is 1. The number of carbonyl (C=O) groups excluding carboxylic acids is 15. The zero-order valence-electron chi connectivity index (χ0n) is 69.0. The average molecular weight is 1710 g/mol. The summed E-state index contributed by atoms with van der Waals surface area (Å²) in [5.41, 5.74) is 41.5. The van der Waals surface area contributed by atoms with Crippen LogP contribution >= 0.6 is 12.6 Å². The fraction of sp³-hybridized carbons (Fsp3) is 0.597. The summed E-state index contributed by atoms with van der Waals surface area (Å²) in [6.07, 6.45) is 0.639. The van der Waals surface area contributed by atoms with Crippen molar-refractivity contribution >= 4 is 124 Å². The SMILES string of the molecule is CC(C)[C@H](NC(=O)[C@@H](NC(=O)[C@@H](N)CCCN=C(N)N)C(C)C)C(=O)N[C@@H](C)C(=O)N[C@@H](CO)C(=O)NCC(=O)N[C@@H](CCCCN)C(=O)N[C@@H](Cc1c[nH]c2ccccc12)C(=O)N[C@@H](C)C(=O)N[C@@H](CCCCN)C(=O)N[C@@H](CCC(N)=O)C(=O)N[C@@H](CCCCN)C(=O)N[C@@H](Cc1ccccc1)C(=O)N[C@H](C(=O)N[C@@H](CS)C(=O)O)[C@@H](C)O. The van der Waals surface area contributed by atoms with Crippen molar-refractivity contribution in [2.75, 3.05) is 45.1 Å². The number of hydrogen-bond acceptors (Lipinski definition) is 24. The smallest absolute Gasteiger partial charge is 0.327 e. The summed E-state index contributed by atoms with van der Waals surface area (Å²) in [5, 5.41) is 66.2. The van der Waals surface area contributed by atoms with Crippen molar-refractivity contribution in [3.63, 3.8) is 0 Å². The van der Waals surface area contributed by atoms with Crippen LogP contribution in [0.4, 0.5) is 0 Å². The van der Waals surface area contributed by atoms with Gasteiger partial charge in [0.25, 0.3) is 0 Å². The predicted molar refractivity (Wildman–Crippen MR) is 447 cm³/mol. The Labute approximate surface area is 701 Å². The Balaban J connectivity index is 1.87. The Morgan fingerprint density at radius 2 is 0.858 bits per heavy atom. The molecular weight excluding hydrogens is 1580 g/mol. The Kier molecular flexibility index (Phi) is 46.5. The van der Waals surface area contributed by atoms with E-state index in [0.29, 0.717) is 47.7 Å². The molecule has 120 heavy (non-hydrogen) atoms. The van der Waals surface area contributed by atoms with E-state index < -0.39 is 223 Å². The van der Waals surface area contributed by atoms with Crippen LogP contribution < -0.4 is 115 Å². The zero-order chi connectivity index (χ0) is 89.9. The second-order valence-electron chi connectivity index (χ2n) is 29.8. The highest BCUT2D eigenvalue weighted by Crippen LogP contribution is 2.21. The minimum atomic E-state index is -1.74. The molecule has 668 valence electrons. The van der Waals surface area contributed by atoms with Crippen LogP contribution in [0.1, 0.15) is 143 Å². The molecule has 1 heterocycles. The molecule has 0 aliphatic rings. The van der Waals surface area contributed by atoms with E-state index >= 15 is 0 Å². The fourth-order valence-corrected chi connectivity index (χ4v) is 12.4. The molecule has 0 radical (unpaired) electrons. The van der Waals surface area contributed by atoms with Crippen molar-refractivity contribution < 1.29 is 92.0 Å². The number of fused-ring (bicyclic) bond motifs is 1. The number of rotatable bonds is 57. The van der Waals surface area contributed by atoms with E-state index in [-0.39, 0.29) is 95.7 Å². The van der Waals surface area contributed by atoms with E-state index in [9.17, 15) is 92.0 Å². The van der Waals surface area contributed by atoms with Crippen LogP contribution in [0.15, 0.2) is 65.8 Å². The van der Waals surface area contributed by atoms with E-state index in [1.165, 1.54) is 20.8 Å². The molecule has 0 bridgehead atoms. The van der Waals surface area contributed by atoms with Crippen molar-refractivity contribution in [3.05, 3.63) is 71.9 Å². The molecule has 32 N–H and O–H groups in total. The monoisotopic (exact) mass is 1710 g/mol.